The van der Waals surface area contributed by atoms with Crippen molar-refractivity contribution < 1.29 is 4.92 Å². The first-order chi connectivity index (χ1) is 9.15. The quantitative estimate of drug-likeness (QED) is 0.463. The van der Waals surface area contributed by atoms with Crippen LogP contribution in [0.1, 0.15) is 5.56 Å². The molecular formula is C14H7N3O2. The average molecular weight is 249 g/mol. The van der Waals surface area contributed by atoms with Crippen molar-refractivity contribution in [2.24, 2.45) is 0 Å². The normalized spacial score (nSPS) is 9.37. The van der Waals surface area contributed by atoms with Gasteiger partial charge in [-0.15, -0.1) is 0 Å². The van der Waals surface area contributed by atoms with E-state index in [1.165, 1.54) is 12.1 Å². The number of nitro benzene ring substituents is 1. The molecule has 2 aromatic carbocycles. The lowest BCUT2D eigenvalue weighted by Crippen LogP contribution is -1.89. The predicted molar refractivity (Wildman–Crippen MR) is 69.5 cm³/mol. The monoisotopic (exact) mass is 249 g/mol. The van der Waals surface area contributed by atoms with Crippen LogP contribution in [0.15, 0.2) is 42.5 Å². The van der Waals surface area contributed by atoms with Gasteiger partial charge in [0.15, 0.2) is 0 Å². The summed E-state index contributed by atoms with van der Waals surface area (Å²) < 4.78 is 0. The fourth-order valence-electron chi connectivity index (χ4n) is 1.68. The minimum absolute atomic E-state index is 0.0161. The Balaban J connectivity index is 2.52. The summed E-state index contributed by atoms with van der Waals surface area (Å²) >= 11 is 0. The molecule has 0 fully saturated rings. The van der Waals surface area contributed by atoms with Gasteiger partial charge in [-0.3, -0.25) is 10.1 Å². The summed E-state index contributed by atoms with van der Waals surface area (Å²) in [5.74, 6) is 0. The molecule has 0 heterocycles. The lowest BCUT2D eigenvalue weighted by molar-refractivity contribution is -0.383. The van der Waals surface area contributed by atoms with Crippen molar-refractivity contribution in [1.29, 1.82) is 5.26 Å². The Morgan fingerprint density at radius 3 is 2.32 bits per heavy atom. The van der Waals surface area contributed by atoms with Crippen LogP contribution in [-0.2, 0) is 0 Å². The molecule has 0 saturated carbocycles. The zero-order valence-corrected chi connectivity index (χ0v) is 9.70. The SMILES string of the molecule is [C-]#[N+]c1ccc(-c2ccc(C#N)cc2)cc1[N+](=O)[O-]. The third-order valence-electron chi connectivity index (χ3n) is 2.64. The minimum atomic E-state index is -0.569. The molecule has 0 radical (unpaired) electrons. The highest BCUT2D eigenvalue weighted by atomic mass is 16.6. The van der Waals surface area contributed by atoms with Crippen LogP contribution in [-0.4, -0.2) is 4.92 Å². The Labute approximate surface area is 109 Å². The summed E-state index contributed by atoms with van der Waals surface area (Å²) in [4.78, 5) is 13.4. The average Bonchev–Trinajstić information content (AvgIpc) is 2.46. The summed E-state index contributed by atoms with van der Waals surface area (Å²) in [6.45, 7) is 6.89. The van der Waals surface area contributed by atoms with E-state index in [-0.39, 0.29) is 11.4 Å². The third kappa shape index (κ3) is 2.41. The van der Waals surface area contributed by atoms with E-state index in [9.17, 15) is 10.1 Å². The first-order valence-electron chi connectivity index (χ1n) is 5.32. The molecule has 0 amide bonds. The van der Waals surface area contributed by atoms with Crippen molar-refractivity contribution in [3.05, 3.63) is 69.6 Å². The van der Waals surface area contributed by atoms with Gasteiger partial charge in [-0.05, 0) is 29.3 Å². The van der Waals surface area contributed by atoms with E-state index in [0.29, 0.717) is 11.1 Å². The second kappa shape index (κ2) is 4.99. The number of hydrogen-bond acceptors (Lipinski definition) is 3. The van der Waals surface area contributed by atoms with Gasteiger partial charge in [-0.25, -0.2) is 4.85 Å². The van der Waals surface area contributed by atoms with Crippen LogP contribution in [0.25, 0.3) is 16.0 Å². The van der Waals surface area contributed by atoms with Gasteiger partial charge in [0.25, 0.3) is 11.4 Å². The Bertz CT molecular complexity index is 722. The molecule has 0 aliphatic rings. The fourth-order valence-corrected chi connectivity index (χ4v) is 1.68. The van der Waals surface area contributed by atoms with Crippen molar-refractivity contribution in [3.8, 4) is 17.2 Å². The highest BCUT2D eigenvalue weighted by Crippen LogP contribution is 2.32. The largest absolute Gasteiger partial charge is 0.279 e. The van der Waals surface area contributed by atoms with Gasteiger partial charge in [-0.2, -0.15) is 5.26 Å². The zero-order chi connectivity index (χ0) is 13.8. The molecular weight excluding hydrogens is 242 g/mol. The lowest BCUT2D eigenvalue weighted by atomic mass is 10.0. The molecule has 0 aliphatic heterocycles. The first-order valence-corrected chi connectivity index (χ1v) is 5.32. The number of nitrogens with zero attached hydrogens (tertiary/aromatic N) is 3. The molecule has 2 rings (SSSR count). The van der Waals surface area contributed by atoms with Gasteiger partial charge >= 0.3 is 0 Å². The van der Waals surface area contributed by atoms with Gasteiger partial charge in [0.05, 0.1) is 23.1 Å². The number of rotatable bonds is 2. The molecule has 5 nitrogen and oxygen atoms in total. The van der Waals surface area contributed by atoms with E-state index < -0.39 is 4.92 Å². The maximum atomic E-state index is 10.9. The van der Waals surface area contributed by atoms with Crippen LogP contribution in [0.3, 0.4) is 0 Å². The van der Waals surface area contributed by atoms with E-state index in [4.69, 9.17) is 11.8 Å². The molecule has 19 heavy (non-hydrogen) atoms. The number of nitriles is 1. The smallest absolute Gasteiger partial charge is 0.260 e. The second-order valence-electron chi connectivity index (χ2n) is 3.76. The molecule has 0 atom stereocenters. The van der Waals surface area contributed by atoms with Gasteiger partial charge in [0.2, 0.25) is 0 Å². The van der Waals surface area contributed by atoms with Crippen molar-refractivity contribution in [2.45, 2.75) is 0 Å². The Morgan fingerprint density at radius 1 is 1.16 bits per heavy atom. The molecule has 0 aliphatic carbocycles. The molecule has 0 saturated heterocycles. The molecule has 0 bridgehead atoms. The predicted octanol–water partition coefficient (Wildman–Crippen LogP) is 3.68. The summed E-state index contributed by atoms with van der Waals surface area (Å²) in [6.07, 6.45) is 0. The molecule has 2 aromatic rings. The number of hydrogen-bond donors (Lipinski definition) is 0. The van der Waals surface area contributed by atoms with Crippen molar-refractivity contribution in [1.82, 2.24) is 0 Å². The molecule has 0 aromatic heterocycles. The fraction of sp³-hybridized carbons (Fsp3) is 0. The van der Waals surface area contributed by atoms with Gasteiger partial charge in [0.1, 0.15) is 0 Å². The third-order valence-corrected chi connectivity index (χ3v) is 2.64. The Kier molecular flexibility index (Phi) is 3.22. The highest BCUT2D eigenvalue weighted by Gasteiger charge is 2.15. The first kappa shape index (κ1) is 12.3. The maximum Gasteiger partial charge on any atom is 0.279 e. The van der Waals surface area contributed by atoms with Crippen LogP contribution >= 0.6 is 0 Å². The summed E-state index contributed by atoms with van der Waals surface area (Å²) in [5.41, 5.74) is 1.73. The van der Waals surface area contributed by atoms with Crippen LogP contribution in [0.4, 0.5) is 11.4 Å². The van der Waals surface area contributed by atoms with Crippen molar-refractivity contribution >= 4 is 11.4 Å². The Hall–Kier alpha value is -3.18. The van der Waals surface area contributed by atoms with Crippen molar-refractivity contribution in [3.63, 3.8) is 0 Å². The van der Waals surface area contributed by atoms with Crippen LogP contribution < -0.4 is 0 Å². The van der Waals surface area contributed by atoms with Crippen LogP contribution in [0.2, 0.25) is 0 Å². The second-order valence-corrected chi connectivity index (χ2v) is 3.76. The van der Waals surface area contributed by atoms with Gasteiger partial charge < -0.3 is 0 Å². The summed E-state index contributed by atoms with van der Waals surface area (Å²) in [5, 5.41) is 19.6. The molecule has 0 unspecified atom stereocenters. The maximum absolute atomic E-state index is 10.9. The van der Waals surface area contributed by atoms with Gasteiger partial charge in [-0.1, -0.05) is 18.2 Å². The molecule has 0 spiro atoms. The topological polar surface area (TPSA) is 71.3 Å². The number of benzene rings is 2. The summed E-state index contributed by atoms with van der Waals surface area (Å²) in [6, 6.07) is 13.2. The van der Waals surface area contributed by atoms with Gasteiger partial charge in [0, 0.05) is 6.07 Å². The standard InChI is InChI=1S/C14H7N3O2/c1-16-13-7-6-12(8-14(13)17(18)19)11-4-2-10(9-15)3-5-11/h2-8H. The van der Waals surface area contributed by atoms with E-state index in [2.05, 4.69) is 4.85 Å². The van der Waals surface area contributed by atoms with E-state index in [1.807, 2.05) is 6.07 Å². The number of nitro groups is 1. The van der Waals surface area contributed by atoms with E-state index >= 15 is 0 Å². The van der Waals surface area contributed by atoms with E-state index in [1.54, 1.807) is 30.3 Å². The minimum Gasteiger partial charge on any atom is -0.260 e. The molecule has 90 valence electrons. The zero-order valence-electron chi connectivity index (χ0n) is 9.70. The molecule has 5 heteroatoms. The lowest BCUT2D eigenvalue weighted by Gasteiger charge is -2.03. The van der Waals surface area contributed by atoms with E-state index in [0.717, 1.165) is 5.56 Å². The highest BCUT2D eigenvalue weighted by molar-refractivity contribution is 5.74. The van der Waals surface area contributed by atoms with Crippen LogP contribution in [0.5, 0.6) is 0 Å². The van der Waals surface area contributed by atoms with Crippen LogP contribution in [0, 0.1) is 28.0 Å². The summed E-state index contributed by atoms with van der Waals surface area (Å²) in [7, 11) is 0. The Morgan fingerprint density at radius 2 is 1.79 bits per heavy atom. The van der Waals surface area contributed by atoms with Crippen molar-refractivity contribution in [2.75, 3.05) is 0 Å². The molecule has 0 N–H and O–H groups in total.